The van der Waals surface area contributed by atoms with Crippen molar-refractivity contribution in [2.45, 2.75) is 25.8 Å². The Labute approximate surface area is 178 Å². The van der Waals surface area contributed by atoms with Crippen molar-refractivity contribution in [3.05, 3.63) is 48.3 Å². The Hall–Kier alpha value is -4.26. The van der Waals surface area contributed by atoms with Crippen LogP contribution in [0.3, 0.4) is 0 Å². The van der Waals surface area contributed by atoms with Crippen LogP contribution in [0.2, 0.25) is 0 Å². The summed E-state index contributed by atoms with van der Waals surface area (Å²) in [5.74, 6) is 1.73. The summed E-state index contributed by atoms with van der Waals surface area (Å²) in [7, 11) is 1.91. The highest BCUT2D eigenvalue weighted by Gasteiger charge is 2.33. The Bertz CT molecular complexity index is 1330. The van der Waals surface area contributed by atoms with Gasteiger partial charge in [-0.2, -0.15) is 5.26 Å². The largest absolute Gasteiger partial charge is 0.384 e. The van der Waals surface area contributed by atoms with Gasteiger partial charge in [-0.1, -0.05) is 0 Å². The fraction of sp³-hybridized carbons (Fsp3) is 0.238. The Morgan fingerprint density at radius 2 is 2.03 bits per heavy atom. The summed E-state index contributed by atoms with van der Waals surface area (Å²) in [6.07, 6.45) is 7.03. The molecule has 0 bridgehead atoms. The maximum Gasteiger partial charge on any atom is 0.164 e. The molecule has 4 aromatic rings. The third-order valence-electron chi connectivity index (χ3n) is 5.22. The van der Waals surface area contributed by atoms with Crippen molar-refractivity contribution in [1.82, 2.24) is 29.5 Å². The first kappa shape index (κ1) is 18.7. The molecule has 3 N–H and O–H groups in total. The lowest BCUT2D eigenvalue weighted by atomic mass is 10.2. The molecule has 0 aliphatic heterocycles. The van der Waals surface area contributed by atoms with E-state index in [-0.39, 0.29) is 0 Å². The molecular weight excluding hydrogens is 392 g/mol. The quantitative estimate of drug-likeness (QED) is 0.507. The second-order valence-electron chi connectivity index (χ2n) is 7.58. The highest BCUT2D eigenvalue weighted by atomic mass is 15.3. The first-order chi connectivity index (χ1) is 15.0. The first-order valence-corrected chi connectivity index (χ1v) is 9.86. The minimum absolute atomic E-state index is 0.328. The van der Waals surface area contributed by atoms with E-state index in [0.29, 0.717) is 23.4 Å². The normalized spacial score (nSPS) is 13.2. The number of hydrogen-bond donors (Lipinski definition) is 2. The second kappa shape index (κ2) is 7.21. The predicted octanol–water partition coefficient (Wildman–Crippen LogP) is 2.96. The maximum absolute atomic E-state index is 9.18. The lowest BCUT2D eigenvalue weighted by molar-refractivity contribution is 0.907. The molecule has 10 nitrogen and oxygen atoms in total. The summed E-state index contributed by atoms with van der Waals surface area (Å²) >= 11 is 0. The average Bonchev–Trinajstić information content (AvgIpc) is 3.52. The van der Waals surface area contributed by atoms with Crippen LogP contribution in [0.25, 0.3) is 11.2 Å². The van der Waals surface area contributed by atoms with Crippen LogP contribution in [0.15, 0.2) is 37.1 Å². The zero-order chi connectivity index (χ0) is 21.5. The number of nitrogens with two attached hydrogens (primary N) is 1. The van der Waals surface area contributed by atoms with Crippen LogP contribution >= 0.6 is 0 Å². The van der Waals surface area contributed by atoms with Crippen molar-refractivity contribution in [2.24, 2.45) is 7.05 Å². The van der Waals surface area contributed by atoms with E-state index in [1.807, 2.05) is 24.6 Å². The van der Waals surface area contributed by atoms with E-state index in [1.54, 1.807) is 24.7 Å². The number of nitrogens with zero attached hydrogens (tertiary/aromatic N) is 8. The maximum atomic E-state index is 9.18. The van der Waals surface area contributed by atoms with Crippen molar-refractivity contribution in [1.29, 1.82) is 5.26 Å². The summed E-state index contributed by atoms with van der Waals surface area (Å²) < 4.78 is 1.88. The fourth-order valence-electron chi connectivity index (χ4n) is 3.58. The highest BCUT2D eigenvalue weighted by Crippen LogP contribution is 2.40. The Morgan fingerprint density at radius 1 is 1.19 bits per heavy atom. The number of fused-ring (bicyclic) bond motifs is 1. The van der Waals surface area contributed by atoms with Crippen molar-refractivity contribution < 1.29 is 0 Å². The van der Waals surface area contributed by atoms with Crippen LogP contribution in [-0.4, -0.2) is 35.5 Å². The zero-order valence-corrected chi connectivity index (χ0v) is 17.1. The summed E-state index contributed by atoms with van der Waals surface area (Å²) in [4.78, 5) is 24.1. The molecule has 0 saturated heterocycles. The Kier molecular flexibility index (Phi) is 4.36. The lowest BCUT2D eigenvalue weighted by Gasteiger charge is -2.26. The molecule has 1 aliphatic carbocycles. The fourth-order valence-corrected chi connectivity index (χ4v) is 3.58. The molecule has 4 heterocycles. The number of hydrogen-bond acceptors (Lipinski definition) is 9. The van der Waals surface area contributed by atoms with Crippen LogP contribution in [0.5, 0.6) is 0 Å². The molecular formula is C21H20N10. The molecule has 0 atom stereocenters. The second-order valence-corrected chi connectivity index (χ2v) is 7.58. The molecule has 10 heteroatoms. The van der Waals surface area contributed by atoms with Crippen molar-refractivity contribution in [3.8, 4) is 6.07 Å². The molecule has 1 saturated carbocycles. The molecule has 1 fully saturated rings. The first-order valence-electron chi connectivity index (χ1n) is 9.86. The van der Waals surface area contributed by atoms with Crippen molar-refractivity contribution >= 4 is 40.0 Å². The third kappa shape index (κ3) is 3.46. The number of nitrogens with one attached hydrogen (secondary N) is 1. The van der Waals surface area contributed by atoms with E-state index < -0.39 is 0 Å². The number of nitriles is 1. The van der Waals surface area contributed by atoms with E-state index in [4.69, 9.17) is 10.7 Å². The summed E-state index contributed by atoms with van der Waals surface area (Å²) in [6.45, 7) is 1.98. The van der Waals surface area contributed by atoms with Gasteiger partial charge in [0, 0.05) is 25.2 Å². The van der Waals surface area contributed by atoms with Crippen LogP contribution in [0.1, 0.15) is 24.1 Å². The monoisotopic (exact) mass is 412 g/mol. The van der Waals surface area contributed by atoms with Crippen LogP contribution in [0, 0.1) is 18.3 Å². The molecule has 0 amide bonds. The smallest absolute Gasteiger partial charge is 0.164 e. The van der Waals surface area contributed by atoms with Gasteiger partial charge in [-0.25, -0.2) is 24.9 Å². The van der Waals surface area contributed by atoms with E-state index in [9.17, 15) is 5.26 Å². The molecule has 5 rings (SSSR count). The predicted molar refractivity (Wildman–Crippen MR) is 117 cm³/mol. The molecule has 0 unspecified atom stereocenters. The molecule has 31 heavy (non-hydrogen) atoms. The van der Waals surface area contributed by atoms with E-state index in [1.165, 1.54) is 6.33 Å². The topological polar surface area (TPSA) is 134 Å². The van der Waals surface area contributed by atoms with Gasteiger partial charge in [0.25, 0.3) is 0 Å². The standard InChI is InChI=1S/C21H20N10/c1-12-5-13(8-22)24-9-16(12)31(14-3-4-14)19-6-15(20-21(29-19)30(2)11-27-20)28-18-7-17(23)25-10-26-18/h5-7,9-11,14H,3-4H2,1-2H3,(H3,23,25,26,28,29). The summed E-state index contributed by atoms with van der Waals surface area (Å²) in [6, 6.07) is 7.86. The number of anilines is 5. The van der Waals surface area contributed by atoms with Crippen molar-refractivity contribution in [3.63, 3.8) is 0 Å². The van der Waals surface area contributed by atoms with E-state index in [2.05, 4.69) is 36.2 Å². The molecule has 1 aliphatic rings. The van der Waals surface area contributed by atoms with Gasteiger partial charge in [0.1, 0.15) is 41.1 Å². The van der Waals surface area contributed by atoms with Gasteiger partial charge in [0.05, 0.1) is 23.9 Å². The number of nitrogen functional groups attached to an aromatic ring is 1. The Balaban J connectivity index is 1.65. The van der Waals surface area contributed by atoms with Crippen LogP contribution in [-0.2, 0) is 7.05 Å². The number of pyridine rings is 2. The zero-order valence-electron chi connectivity index (χ0n) is 17.1. The highest BCUT2D eigenvalue weighted by molar-refractivity contribution is 5.90. The average molecular weight is 412 g/mol. The van der Waals surface area contributed by atoms with Gasteiger partial charge in [-0.15, -0.1) is 0 Å². The minimum atomic E-state index is 0.328. The van der Waals surface area contributed by atoms with Gasteiger partial charge >= 0.3 is 0 Å². The minimum Gasteiger partial charge on any atom is -0.384 e. The van der Waals surface area contributed by atoms with Gasteiger partial charge in [0.2, 0.25) is 0 Å². The number of aromatic nitrogens is 6. The molecule has 4 aromatic heterocycles. The molecule has 0 spiro atoms. The van der Waals surface area contributed by atoms with E-state index in [0.717, 1.165) is 46.8 Å². The van der Waals surface area contributed by atoms with Crippen LogP contribution < -0.4 is 16.0 Å². The molecule has 154 valence electrons. The summed E-state index contributed by atoms with van der Waals surface area (Å²) in [5, 5.41) is 12.5. The summed E-state index contributed by atoms with van der Waals surface area (Å²) in [5.41, 5.74) is 10.4. The number of rotatable bonds is 5. The lowest BCUT2D eigenvalue weighted by Crippen LogP contribution is -2.22. The van der Waals surface area contributed by atoms with E-state index >= 15 is 0 Å². The number of aryl methyl sites for hydroxylation is 2. The molecule has 0 aromatic carbocycles. The Morgan fingerprint density at radius 3 is 2.74 bits per heavy atom. The number of imidazole rings is 1. The van der Waals surface area contributed by atoms with Crippen LogP contribution in [0.4, 0.5) is 28.8 Å². The van der Waals surface area contributed by atoms with Crippen molar-refractivity contribution in [2.75, 3.05) is 16.0 Å². The molecule has 0 radical (unpaired) electrons. The van der Waals surface area contributed by atoms with Gasteiger partial charge in [0.15, 0.2) is 5.65 Å². The van der Waals surface area contributed by atoms with Gasteiger partial charge in [-0.3, -0.25) is 0 Å². The third-order valence-corrected chi connectivity index (χ3v) is 5.22. The SMILES string of the molecule is Cc1cc(C#N)ncc1N(c1cc(Nc2cc(N)ncn2)c2ncn(C)c2n1)C1CC1. The van der Waals surface area contributed by atoms with Gasteiger partial charge < -0.3 is 20.5 Å². The van der Waals surface area contributed by atoms with Gasteiger partial charge in [-0.05, 0) is 31.4 Å².